The average Bonchev–Trinajstić information content (AvgIpc) is 2.97. The van der Waals surface area contributed by atoms with Crippen molar-refractivity contribution in [3.8, 4) is 0 Å². The van der Waals surface area contributed by atoms with E-state index in [9.17, 15) is 9.59 Å². The third kappa shape index (κ3) is 3.38. The van der Waals surface area contributed by atoms with E-state index < -0.39 is 6.04 Å². The Morgan fingerprint density at radius 2 is 2.29 bits per heavy atom. The summed E-state index contributed by atoms with van der Waals surface area (Å²) in [6.07, 6.45) is 5.15. The van der Waals surface area contributed by atoms with E-state index in [0.29, 0.717) is 23.7 Å². The summed E-state index contributed by atoms with van der Waals surface area (Å²) >= 11 is 5.92. The monoisotopic (exact) mass is 347 g/mol. The van der Waals surface area contributed by atoms with Crippen LogP contribution in [0, 0.1) is 0 Å². The molecule has 24 heavy (non-hydrogen) atoms. The number of hydrogen-bond acceptors (Lipinski definition) is 5. The number of benzene rings is 1. The van der Waals surface area contributed by atoms with Crippen molar-refractivity contribution in [3.05, 3.63) is 58.9 Å². The molecule has 2 aliphatic rings. The second-order valence-corrected chi connectivity index (χ2v) is 5.90. The summed E-state index contributed by atoms with van der Waals surface area (Å²) in [7, 11) is 0. The molecular weight excluding hydrogens is 330 g/mol. The molecule has 3 rings (SSSR count). The summed E-state index contributed by atoms with van der Waals surface area (Å²) < 4.78 is 5.10. The van der Waals surface area contributed by atoms with E-state index in [-0.39, 0.29) is 18.0 Å². The van der Waals surface area contributed by atoms with Crippen LogP contribution in [0.25, 0.3) is 0 Å². The standard InChI is InChI=1S/C17H18ClN3O3/c1-2-24-17(23)13-7-4-8-15-19-14(10-21(13)15)20-16(22)11-5-3-6-12(18)9-11/h3-9,13-14,19H,2,10H2,1H3,(H,20,22). The first kappa shape index (κ1) is 16.4. The van der Waals surface area contributed by atoms with Crippen LogP contribution in [0.4, 0.5) is 0 Å². The zero-order valence-electron chi connectivity index (χ0n) is 13.2. The van der Waals surface area contributed by atoms with Crippen molar-refractivity contribution in [2.24, 2.45) is 0 Å². The lowest BCUT2D eigenvalue weighted by molar-refractivity contribution is -0.146. The Morgan fingerprint density at radius 1 is 1.46 bits per heavy atom. The van der Waals surface area contributed by atoms with Gasteiger partial charge in [-0.2, -0.15) is 0 Å². The highest BCUT2D eigenvalue weighted by atomic mass is 35.5. The van der Waals surface area contributed by atoms with Gasteiger partial charge in [0.15, 0.2) is 0 Å². The van der Waals surface area contributed by atoms with E-state index >= 15 is 0 Å². The summed E-state index contributed by atoms with van der Waals surface area (Å²) in [6.45, 7) is 2.57. The maximum atomic E-state index is 12.3. The zero-order valence-corrected chi connectivity index (χ0v) is 13.9. The van der Waals surface area contributed by atoms with Gasteiger partial charge >= 0.3 is 5.97 Å². The molecule has 0 spiro atoms. The summed E-state index contributed by atoms with van der Waals surface area (Å²) in [5.74, 6) is 0.256. The molecule has 0 radical (unpaired) electrons. The maximum absolute atomic E-state index is 12.3. The van der Waals surface area contributed by atoms with Crippen LogP contribution in [0.2, 0.25) is 5.02 Å². The van der Waals surface area contributed by atoms with Gasteiger partial charge < -0.3 is 20.3 Å². The fourth-order valence-corrected chi connectivity index (χ4v) is 2.94. The topological polar surface area (TPSA) is 70.7 Å². The molecule has 0 aliphatic carbocycles. The van der Waals surface area contributed by atoms with Gasteiger partial charge in [0.2, 0.25) is 0 Å². The Labute approximate surface area is 145 Å². The zero-order chi connectivity index (χ0) is 17.1. The molecule has 6 nitrogen and oxygen atoms in total. The van der Waals surface area contributed by atoms with Gasteiger partial charge in [-0.15, -0.1) is 0 Å². The minimum atomic E-state index is -0.481. The summed E-state index contributed by atoms with van der Waals surface area (Å²) in [6, 6.07) is 6.27. The first-order chi connectivity index (χ1) is 11.6. The predicted molar refractivity (Wildman–Crippen MR) is 90.2 cm³/mol. The summed E-state index contributed by atoms with van der Waals surface area (Å²) in [5.41, 5.74) is 0.489. The minimum absolute atomic E-state index is 0.226. The molecule has 1 aromatic carbocycles. The largest absolute Gasteiger partial charge is 0.464 e. The normalized spacial score (nSPS) is 21.6. The van der Waals surface area contributed by atoms with E-state index in [1.807, 2.05) is 17.1 Å². The number of nitrogens with one attached hydrogen (secondary N) is 2. The predicted octanol–water partition coefficient (Wildman–Crippen LogP) is 1.64. The minimum Gasteiger partial charge on any atom is -0.464 e. The van der Waals surface area contributed by atoms with Crippen LogP contribution in [-0.2, 0) is 9.53 Å². The molecule has 1 amide bonds. The first-order valence-corrected chi connectivity index (χ1v) is 8.11. The van der Waals surface area contributed by atoms with Gasteiger partial charge in [-0.05, 0) is 31.2 Å². The Hall–Kier alpha value is -2.47. The van der Waals surface area contributed by atoms with E-state index in [1.165, 1.54) is 0 Å². The van der Waals surface area contributed by atoms with Crippen LogP contribution >= 0.6 is 11.6 Å². The number of allylic oxidation sites excluding steroid dienone is 2. The van der Waals surface area contributed by atoms with Crippen molar-refractivity contribution in [1.82, 2.24) is 15.5 Å². The van der Waals surface area contributed by atoms with Gasteiger partial charge in [0.25, 0.3) is 5.91 Å². The van der Waals surface area contributed by atoms with Gasteiger partial charge in [0.1, 0.15) is 18.0 Å². The molecule has 2 atom stereocenters. The smallest absolute Gasteiger partial charge is 0.332 e. The molecule has 7 heteroatoms. The molecule has 1 saturated heterocycles. The van der Waals surface area contributed by atoms with Crippen molar-refractivity contribution in [2.45, 2.75) is 19.1 Å². The number of esters is 1. The number of fused-ring (bicyclic) bond motifs is 1. The fraction of sp³-hybridized carbons (Fsp3) is 0.294. The third-order valence-corrected chi connectivity index (χ3v) is 4.05. The van der Waals surface area contributed by atoms with E-state index in [4.69, 9.17) is 16.3 Å². The maximum Gasteiger partial charge on any atom is 0.332 e. The molecular formula is C17H18ClN3O3. The Bertz CT molecular complexity index is 717. The summed E-state index contributed by atoms with van der Waals surface area (Å²) in [4.78, 5) is 26.3. The van der Waals surface area contributed by atoms with E-state index in [1.54, 1.807) is 37.3 Å². The number of halogens is 1. The number of carbonyl (C=O) groups excluding carboxylic acids is 2. The summed E-state index contributed by atoms with van der Waals surface area (Å²) in [5, 5.41) is 6.61. The average molecular weight is 348 g/mol. The van der Waals surface area contributed by atoms with Crippen LogP contribution in [0.3, 0.4) is 0 Å². The van der Waals surface area contributed by atoms with Crippen molar-refractivity contribution < 1.29 is 14.3 Å². The first-order valence-electron chi connectivity index (χ1n) is 7.73. The Balaban J connectivity index is 1.66. The highest BCUT2D eigenvalue weighted by molar-refractivity contribution is 6.30. The number of rotatable bonds is 4. The van der Waals surface area contributed by atoms with Gasteiger partial charge in [0.05, 0.1) is 13.2 Å². The van der Waals surface area contributed by atoms with Crippen LogP contribution in [0.5, 0.6) is 0 Å². The molecule has 126 valence electrons. The van der Waals surface area contributed by atoms with Gasteiger partial charge in [-0.1, -0.05) is 29.8 Å². The lowest BCUT2D eigenvalue weighted by Crippen LogP contribution is -2.44. The van der Waals surface area contributed by atoms with Crippen LogP contribution in [0.1, 0.15) is 17.3 Å². The second kappa shape index (κ2) is 6.97. The quantitative estimate of drug-likeness (QED) is 0.810. The van der Waals surface area contributed by atoms with E-state index in [0.717, 1.165) is 5.82 Å². The fourth-order valence-electron chi connectivity index (χ4n) is 2.75. The van der Waals surface area contributed by atoms with E-state index in [2.05, 4.69) is 10.6 Å². The number of amides is 1. The molecule has 2 N–H and O–H groups in total. The molecule has 1 aromatic rings. The highest BCUT2D eigenvalue weighted by Gasteiger charge is 2.36. The van der Waals surface area contributed by atoms with Crippen LogP contribution in [0.15, 0.2) is 48.3 Å². The van der Waals surface area contributed by atoms with Crippen molar-refractivity contribution in [2.75, 3.05) is 13.2 Å². The van der Waals surface area contributed by atoms with Crippen molar-refractivity contribution >= 4 is 23.5 Å². The lowest BCUT2D eigenvalue weighted by atomic mass is 10.2. The number of ether oxygens (including phenoxy) is 1. The molecule has 2 heterocycles. The molecule has 0 aromatic heterocycles. The molecule has 2 aliphatic heterocycles. The van der Waals surface area contributed by atoms with Crippen LogP contribution < -0.4 is 10.6 Å². The highest BCUT2D eigenvalue weighted by Crippen LogP contribution is 2.21. The second-order valence-electron chi connectivity index (χ2n) is 5.47. The lowest BCUT2D eigenvalue weighted by Gasteiger charge is -2.27. The number of carbonyl (C=O) groups is 2. The SMILES string of the molecule is CCOC(=O)C1C=CC=C2NC(NC(=O)c3cccc(Cl)c3)CN21. The Kier molecular flexibility index (Phi) is 4.76. The number of nitrogens with zero attached hydrogens (tertiary/aromatic N) is 1. The molecule has 0 saturated carbocycles. The Morgan fingerprint density at radius 3 is 3.04 bits per heavy atom. The molecule has 2 unspecified atom stereocenters. The third-order valence-electron chi connectivity index (χ3n) is 3.81. The van der Waals surface area contributed by atoms with Gasteiger partial charge in [0, 0.05) is 10.6 Å². The van der Waals surface area contributed by atoms with Gasteiger partial charge in [-0.25, -0.2) is 4.79 Å². The molecule has 0 bridgehead atoms. The van der Waals surface area contributed by atoms with Crippen LogP contribution in [-0.4, -0.2) is 42.1 Å². The number of hydrogen-bond donors (Lipinski definition) is 2. The van der Waals surface area contributed by atoms with Crippen molar-refractivity contribution in [3.63, 3.8) is 0 Å². The van der Waals surface area contributed by atoms with Crippen molar-refractivity contribution in [1.29, 1.82) is 0 Å². The van der Waals surface area contributed by atoms with Gasteiger partial charge in [-0.3, -0.25) is 4.79 Å². The molecule has 1 fully saturated rings.